The monoisotopic (exact) mass is 469 g/mol. The van der Waals surface area contributed by atoms with E-state index in [9.17, 15) is 14.9 Å². The number of carbonyl (C=O) groups is 2. The second-order valence-corrected chi connectivity index (χ2v) is 8.92. The number of ether oxygens (including phenoxy) is 1. The number of carboxylic acid groups (broad SMARTS) is 1. The summed E-state index contributed by atoms with van der Waals surface area (Å²) in [4.78, 5) is 24.2. The van der Waals surface area contributed by atoms with Crippen molar-refractivity contribution in [1.29, 1.82) is 5.26 Å². The number of aliphatic carboxylic acids is 1. The number of aryl methyl sites for hydroxylation is 1. The van der Waals surface area contributed by atoms with Gasteiger partial charge in [-0.05, 0) is 55.2 Å². The Morgan fingerprint density at radius 3 is 2.94 bits per heavy atom. The number of amides is 1. The zero-order chi connectivity index (χ0) is 24.6. The Kier molecular flexibility index (Phi) is 5.57. The van der Waals surface area contributed by atoms with Gasteiger partial charge in [0.2, 0.25) is 5.91 Å². The van der Waals surface area contributed by atoms with Crippen molar-refractivity contribution in [2.45, 2.75) is 24.7 Å². The third-order valence-corrected chi connectivity index (χ3v) is 6.71. The molecule has 1 aliphatic carbocycles. The molecule has 1 spiro atoms. The molecule has 3 aromatic rings. The second kappa shape index (κ2) is 8.72. The zero-order valence-electron chi connectivity index (χ0n) is 19.1. The molecule has 2 heterocycles. The lowest BCUT2D eigenvalue weighted by atomic mass is 9.86. The molecule has 0 unspecified atom stereocenters. The van der Waals surface area contributed by atoms with Crippen LogP contribution in [0.4, 0.5) is 5.69 Å². The number of aromatic nitrogens is 3. The van der Waals surface area contributed by atoms with E-state index >= 15 is 0 Å². The lowest BCUT2D eigenvalue weighted by Gasteiger charge is -2.27. The van der Waals surface area contributed by atoms with Crippen molar-refractivity contribution in [1.82, 2.24) is 15.0 Å². The highest BCUT2D eigenvalue weighted by molar-refractivity contribution is 5.97. The number of nitriles is 1. The van der Waals surface area contributed by atoms with Crippen LogP contribution in [0.3, 0.4) is 0 Å². The summed E-state index contributed by atoms with van der Waals surface area (Å²) < 4.78 is 7.54. The number of anilines is 1. The predicted molar refractivity (Wildman–Crippen MR) is 127 cm³/mol. The molecule has 0 saturated heterocycles. The highest BCUT2D eigenvalue weighted by Gasteiger charge is 2.61. The molecule has 1 amide bonds. The third-order valence-electron chi connectivity index (χ3n) is 6.71. The van der Waals surface area contributed by atoms with E-state index in [1.54, 1.807) is 22.9 Å². The molecule has 0 radical (unpaired) electrons. The fourth-order valence-electron chi connectivity index (χ4n) is 4.83. The third kappa shape index (κ3) is 4.26. The number of hydrogen-bond acceptors (Lipinski definition) is 6. The standard InChI is InChI=1S/C26H23N5O4/c1-31-15-22(29-30-31)18-7-8-23-19(12-18)26(9-10-35-23)13-20(26)25(34)28-21-11-16(14-27)5-6-17(21)3-2-4-24(32)33/h2,4-8,11-12,15,20H,3,9-10,13H2,1H3,(H,28,34)(H,32,33)/t20-,26-/m0/s1. The molecule has 0 bridgehead atoms. The minimum Gasteiger partial charge on any atom is -0.493 e. The van der Waals surface area contributed by atoms with Crippen LogP contribution in [-0.4, -0.2) is 38.6 Å². The number of rotatable bonds is 6. The van der Waals surface area contributed by atoms with Crippen LogP contribution >= 0.6 is 0 Å². The summed E-state index contributed by atoms with van der Waals surface area (Å²) in [5, 5.41) is 29.4. The van der Waals surface area contributed by atoms with Gasteiger partial charge in [-0.2, -0.15) is 5.26 Å². The van der Waals surface area contributed by atoms with Gasteiger partial charge in [-0.15, -0.1) is 5.10 Å². The topological polar surface area (TPSA) is 130 Å². The summed E-state index contributed by atoms with van der Waals surface area (Å²) in [7, 11) is 1.81. The Morgan fingerprint density at radius 1 is 1.34 bits per heavy atom. The zero-order valence-corrected chi connectivity index (χ0v) is 19.1. The number of hydrogen-bond donors (Lipinski definition) is 2. The normalized spacial score (nSPS) is 20.2. The van der Waals surface area contributed by atoms with Crippen molar-refractivity contribution in [3.63, 3.8) is 0 Å². The summed E-state index contributed by atoms with van der Waals surface area (Å²) in [6.45, 7) is 0.538. The van der Waals surface area contributed by atoms with Crippen molar-refractivity contribution in [3.8, 4) is 23.1 Å². The quantitative estimate of drug-likeness (QED) is 0.530. The molecular formula is C26H23N5O4. The summed E-state index contributed by atoms with van der Waals surface area (Å²) >= 11 is 0. The molecule has 1 fully saturated rings. The van der Waals surface area contributed by atoms with E-state index in [1.165, 1.54) is 6.08 Å². The van der Waals surface area contributed by atoms with Gasteiger partial charge in [0.25, 0.3) is 0 Å². The Hall–Kier alpha value is -4.45. The first kappa shape index (κ1) is 22.3. The lowest BCUT2D eigenvalue weighted by Crippen LogP contribution is -2.27. The lowest BCUT2D eigenvalue weighted by molar-refractivity contribution is -0.131. The highest BCUT2D eigenvalue weighted by atomic mass is 16.5. The van der Waals surface area contributed by atoms with E-state index < -0.39 is 5.97 Å². The van der Waals surface area contributed by atoms with Crippen LogP contribution in [0.5, 0.6) is 5.75 Å². The Morgan fingerprint density at radius 2 is 2.20 bits per heavy atom. The first-order valence-electron chi connectivity index (χ1n) is 11.3. The fraction of sp³-hybridized carbons (Fsp3) is 0.269. The van der Waals surface area contributed by atoms with Crippen molar-refractivity contribution >= 4 is 17.6 Å². The van der Waals surface area contributed by atoms with E-state index in [1.807, 2.05) is 31.4 Å². The van der Waals surface area contributed by atoms with Gasteiger partial charge < -0.3 is 15.2 Å². The highest BCUT2D eigenvalue weighted by Crippen LogP contribution is 2.61. The summed E-state index contributed by atoms with van der Waals surface area (Å²) in [5.41, 5.74) is 4.04. The molecule has 35 heavy (non-hydrogen) atoms. The minimum absolute atomic E-state index is 0.124. The van der Waals surface area contributed by atoms with Gasteiger partial charge in [0.15, 0.2) is 0 Å². The largest absolute Gasteiger partial charge is 0.493 e. The maximum Gasteiger partial charge on any atom is 0.327 e. The molecular weight excluding hydrogens is 446 g/mol. The number of carboxylic acids is 1. The van der Waals surface area contributed by atoms with E-state index in [0.717, 1.165) is 40.6 Å². The van der Waals surface area contributed by atoms with Crippen molar-refractivity contribution < 1.29 is 19.4 Å². The molecule has 176 valence electrons. The van der Waals surface area contributed by atoms with E-state index in [4.69, 9.17) is 9.84 Å². The molecule has 5 rings (SSSR count). The SMILES string of the molecule is Cn1cc(-c2ccc3c(c2)[C@]2(CCO3)C[C@H]2C(=O)Nc2cc(C#N)ccc2CC=CC(=O)O)nn1. The molecule has 2 aromatic carbocycles. The number of nitrogens with one attached hydrogen (secondary N) is 1. The maximum atomic E-state index is 13.4. The number of benzene rings is 2. The molecule has 9 heteroatoms. The van der Waals surface area contributed by atoms with Crippen LogP contribution in [0.25, 0.3) is 11.3 Å². The molecule has 1 aromatic heterocycles. The first-order valence-corrected chi connectivity index (χ1v) is 11.3. The van der Waals surface area contributed by atoms with E-state index in [-0.39, 0.29) is 17.2 Å². The number of fused-ring (bicyclic) bond motifs is 2. The van der Waals surface area contributed by atoms with Gasteiger partial charge in [-0.1, -0.05) is 17.4 Å². The number of nitrogens with zero attached hydrogens (tertiary/aromatic N) is 4. The van der Waals surface area contributed by atoms with Gasteiger partial charge in [-0.3, -0.25) is 9.48 Å². The average Bonchev–Trinajstić information content (AvgIpc) is 3.40. The molecule has 1 aliphatic heterocycles. The number of allylic oxidation sites excluding steroid dienone is 1. The molecule has 2 aliphatic rings. The Labute approximate surface area is 201 Å². The molecule has 1 saturated carbocycles. The average molecular weight is 470 g/mol. The molecule has 2 N–H and O–H groups in total. The Balaban J connectivity index is 1.40. The van der Waals surface area contributed by atoms with Crippen molar-refractivity contribution in [2.24, 2.45) is 13.0 Å². The fourth-order valence-corrected chi connectivity index (χ4v) is 4.83. The van der Waals surface area contributed by atoms with Crippen LogP contribution in [0, 0.1) is 17.2 Å². The van der Waals surface area contributed by atoms with Gasteiger partial charge in [-0.25, -0.2) is 4.79 Å². The van der Waals surface area contributed by atoms with Crippen LogP contribution in [0.1, 0.15) is 29.5 Å². The smallest absolute Gasteiger partial charge is 0.327 e. The summed E-state index contributed by atoms with van der Waals surface area (Å²) in [6, 6.07) is 13.0. The van der Waals surface area contributed by atoms with Crippen LogP contribution < -0.4 is 10.1 Å². The first-order chi connectivity index (χ1) is 16.9. The predicted octanol–water partition coefficient (Wildman–Crippen LogP) is 3.22. The van der Waals surface area contributed by atoms with Gasteiger partial charge in [0.1, 0.15) is 11.4 Å². The van der Waals surface area contributed by atoms with E-state index in [2.05, 4.69) is 21.7 Å². The van der Waals surface area contributed by atoms with E-state index in [0.29, 0.717) is 30.7 Å². The van der Waals surface area contributed by atoms with Crippen LogP contribution in [0.2, 0.25) is 0 Å². The van der Waals surface area contributed by atoms with Gasteiger partial charge in [0.05, 0.1) is 24.4 Å². The minimum atomic E-state index is -1.04. The second-order valence-electron chi connectivity index (χ2n) is 8.92. The van der Waals surface area contributed by atoms with Crippen LogP contribution in [0.15, 0.2) is 54.7 Å². The molecule has 9 nitrogen and oxygen atoms in total. The van der Waals surface area contributed by atoms with Gasteiger partial charge >= 0.3 is 5.97 Å². The summed E-state index contributed by atoms with van der Waals surface area (Å²) in [5.74, 6) is -0.620. The molecule has 2 atom stereocenters. The number of carbonyl (C=O) groups excluding carboxylic acids is 1. The van der Waals surface area contributed by atoms with Gasteiger partial charge in [0, 0.05) is 41.3 Å². The Bertz CT molecular complexity index is 1400. The van der Waals surface area contributed by atoms with Crippen molar-refractivity contribution in [3.05, 3.63) is 71.4 Å². The van der Waals surface area contributed by atoms with Crippen LogP contribution in [-0.2, 0) is 28.5 Å². The van der Waals surface area contributed by atoms with Crippen molar-refractivity contribution in [2.75, 3.05) is 11.9 Å². The summed E-state index contributed by atoms with van der Waals surface area (Å²) in [6.07, 6.45) is 6.17. The maximum absolute atomic E-state index is 13.4.